The maximum Gasteiger partial charge on any atom is 0.251 e. The Morgan fingerprint density at radius 3 is 2.91 bits per heavy atom. The number of aromatic nitrogens is 2. The smallest absolute Gasteiger partial charge is 0.251 e. The predicted octanol–water partition coefficient (Wildman–Crippen LogP) is 2.13. The normalized spacial score (nSPS) is 16.4. The van der Waals surface area contributed by atoms with Gasteiger partial charge >= 0.3 is 0 Å². The van der Waals surface area contributed by atoms with Gasteiger partial charge < -0.3 is 15.8 Å². The van der Waals surface area contributed by atoms with E-state index in [-0.39, 0.29) is 11.4 Å². The molecule has 1 aromatic heterocycles. The van der Waals surface area contributed by atoms with Crippen molar-refractivity contribution in [3.8, 4) is 11.6 Å². The Kier molecular flexibility index (Phi) is 4.25. The first-order chi connectivity index (χ1) is 11.1. The first-order valence-electron chi connectivity index (χ1n) is 7.67. The highest BCUT2D eigenvalue weighted by molar-refractivity contribution is 5.95. The van der Waals surface area contributed by atoms with E-state index < -0.39 is 0 Å². The third-order valence-corrected chi connectivity index (χ3v) is 4.16. The number of carbonyl (C=O) groups excluding carboxylic acids is 1. The molecular weight excluding hydrogens is 292 g/mol. The maximum absolute atomic E-state index is 12.5. The molecule has 1 aliphatic carbocycles. The Morgan fingerprint density at radius 1 is 1.43 bits per heavy atom. The molecule has 1 unspecified atom stereocenters. The van der Waals surface area contributed by atoms with Gasteiger partial charge in [-0.1, -0.05) is 6.07 Å². The number of rotatable bonds is 6. The molecule has 0 radical (unpaired) electrons. The minimum Gasteiger partial charge on any atom is -0.437 e. The molecule has 6 nitrogen and oxygen atoms in total. The molecule has 1 saturated carbocycles. The molecular formula is C17H20N4O2. The van der Waals surface area contributed by atoms with Crippen molar-refractivity contribution >= 4 is 5.91 Å². The molecule has 1 fully saturated rings. The summed E-state index contributed by atoms with van der Waals surface area (Å²) in [5.41, 5.74) is 6.04. The summed E-state index contributed by atoms with van der Waals surface area (Å²) in [5.74, 6) is 1.25. The molecule has 120 valence electrons. The molecule has 1 amide bonds. The zero-order valence-corrected chi connectivity index (χ0v) is 13.0. The van der Waals surface area contributed by atoms with Gasteiger partial charge in [0.2, 0.25) is 5.88 Å². The van der Waals surface area contributed by atoms with Crippen LogP contribution in [0.5, 0.6) is 11.6 Å². The van der Waals surface area contributed by atoms with Crippen LogP contribution in [-0.4, -0.2) is 28.0 Å². The average Bonchev–Trinajstić information content (AvgIpc) is 3.41. The lowest BCUT2D eigenvalue weighted by atomic mass is 9.95. The summed E-state index contributed by atoms with van der Waals surface area (Å²) < 4.78 is 5.61. The van der Waals surface area contributed by atoms with Gasteiger partial charge in [-0.2, -0.15) is 0 Å². The molecule has 0 saturated heterocycles. The van der Waals surface area contributed by atoms with Crippen molar-refractivity contribution in [2.45, 2.75) is 25.3 Å². The highest BCUT2D eigenvalue weighted by Gasteiger charge is 2.41. The van der Waals surface area contributed by atoms with Gasteiger partial charge in [-0.05, 0) is 43.9 Å². The van der Waals surface area contributed by atoms with E-state index in [1.54, 1.807) is 36.7 Å². The Labute approximate surface area is 135 Å². The van der Waals surface area contributed by atoms with Crippen molar-refractivity contribution in [1.29, 1.82) is 0 Å². The summed E-state index contributed by atoms with van der Waals surface area (Å²) in [7, 11) is 0. The monoisotopic (exact) mass is 312 g/mol. The van der Waals surface area contributed by atoms with Crippen LogP contribution >= 0.6 is 0 Å². The standard InChI is InChI=1S/C17H20N4O2/c1-17(11-18,13-5-6-13)21-16(22)12-3-2-4-14(9-12)23-15-10-19-7-8-20-15/h2-4,7-10,13H,5-6,11,18H2,1H3,(H,21,22). The number of nitrogens with zero attached hydrogens (tertiary/aromatic N) is 2. The third kappa shape index (κ3) is 3.65. The van der Waals surface area contributed by atoms with Crippen molar-refractivity contribution in [3.63, 3.8) is 0 Å². The summed E-state index contributed by atoms with van der Waals surface area (Å²) >= 11 is 0. The van der Waals surface area contributed by atoms with Gasteiger partial charge in [-0.25, -0.2) is 4.98 Å². The van der Waals surface area contributed by atoms with E-state index in [1.807, 2.05) is 6.92 Å². The van der Waals surface area contributed by atoms with E-state index in [0.29, 0.717) is 29.7 Å². The molecule has 1 atom stereocenters. The maximum atomic E-state index is 12.5. The molecule has 3 rings (SSSR count). The van der Waals surface area contributed by atoms with Crippen LogP contribution < -0.4 is 15.8 Å². The van der Waals surface area contributed by atoms with Crippen molar-refractivity contribution in [1.82, 2.24) is 15.3 Å². The summed E-state index contributed by atoms with van der Waals surface area (Å²) in [4.78, 5) is 20.5. The first kappa shape index (κ1) is 15.4. The van der Waals surface area contributed by atoms with Gasteiger partial charge in [0.05, 0.1) is 11.7 Å². The first-order valence-corrected chi connectivity index (χ1v) is 7.67. The molecule has 0 bridgehead atoms. The number of hydrogen-bond acceptors (Lipinski definition) is 5. The molecule has 6 heteroatoms. The number of benzene rings is 1. The van der Waals surface area contributed by atoms with Crippen LogP contribution in [0.25, 0.3) is 0 Å². The topological polar surface area (TPSA) is 90.1 Å². The number of nitrogens with one attached hydrogen (secondary N) is 1. The van der Waals surface area contributed by atoms with Gasteiger partial charge in [-0.15, -0.1) is 0 Å². The number of nitrogens with two attached hydrogens (primary N) is 1. The summed E-state index contributed by atoms with van der Waals surface area (Å²) in [6, 6.07) is 6.99. The van der Waals surface area contributed by atoms with Crippen molar-refractivity contribution in [3.05, 3.63) is 48.4 Å². The summed E-state index contributed by atoms with van der Waals surface area (Å²) in [5, 5.41) is 3.06. The van der Waals surface area contributed by atoms with E-state index >= 15 is 0 Å². The molecule has 1 heterocycles. The number of carbonyl (C=O) groups is 1. The fraction of sp³-hybridized carbons (Fsp3) is 0.353. The molecule has 1 aromatic carbocycles. The van der Waals surface area contributed by atoms with E-state index in [0.717, 1.165) is 12.8 Å². The van der Waals surface area contributed by atoms with E-state index in [2.05, 4.69) is 15.3 Å². The molecule has 23 heavy (non-hydrogen) atoms. The van der Waals surface area contributed by atoms with E-state index in [9.17, 15) is 4.79 Å². The number of amides is 1. The fourth-order valence-electron chi connectivity index (χ4n) is 2.53. The Bertz CT molecular complexity index is 688. The van der Waals surface area contributed by atoms with Crippen LogP contribution in [0.3, 0.4) is 0 Å². The molecule has 1 aliphatic rings. The summed E-state index contributed by atoms with van der Waals surface area (Å²) in [6.45, 7) is 2.43. The van der Waals surface area contributed by atoms with E-state index in [1.165, 1.54) is 6.20 Å². The fourth-order valence-corrected chi connectivity index (χ4v) is 2.53. The van der Waals surface area contributed by atoms with Crippen molar-refractivity contribution in [2.24, 2.45) is 11.7 Å². The predicted molar refractivity (Wildman–Crippen MR) is 86.2 cm³/mol. The van der Waals surface area contributed by atoms with Crippen LogP contribution in [0.2, 0.25) is 0 Å². The lowest BCUT2D eigenvalue weighted by molar-refractivity contribution is 0.0897. The Morgan fingerprint density at radius 2 is 2.26 bits per heavy atom. The zero-order chi connectivity index (χ0) is 16.3. The lowest BCUT2D eigenvalue weighted by Gasteiger charge is -2.29. The average molecular weight is 312 g/mol. The van der Waals surface area contributed by atoms with Crippen molar-refractivity contribution in [2.75, 3.05) is 6.54 Å². The highest BCUT2D eigenvalue weighted by Crippen LogP contribution is 2.39. The van der Waals surface area contributed by atoms with Gasteiger partial charge in [0.15, 0.2) is 0 Å². The zero-order valence-electron chi connectivity index (χ0n) is 13.0. The Hall–Kier alpha value is -2.47. The van der Waals surface area contributed by atoms with Crippen LogP contribution in [0.4, 0.5) is 0 Å². The van der Waals surface area contributed by atoms with Gasteiger partial charge in [0.25, 0.3) is 5.91 Å². The molecule has 3 N–H and O–H groups in total. The van der Waals surface area contributed by atoms with Gasteiger partial charge in [-0.3, -0.25) is 9.78 Å². The van der Waals surface area contributed by atoms with Gasteiger partial charge in [0.1, 0.15) is 5.75 Å². The molecule has 0 spiro atoms. The quantitative estimate of drug-likeness (QED) is 0.852. The second-order valence-electron chi connectivity index (χ2n) is 6.02. The van der Waals surface area contributed by atoms with Crippen molar-refractivity contribution < 1.29 is 9.53 Å². The minimum absolute atomic E-state index is 0.144. The molecule has 2 aromatic rings. The Balaban J connectivity index is 1.72. The largest absolute Gasteiger partial charge is 0.437 e. The number of ether oxygens (including phenoxy) is 1. The third-order valence-electron chi connectivity index (χ3n) is 4.16. The summed E-state index contributed by atoms with van der Waals surface area (Å²) in [6.07, 6.45) is 6.87. The van der Waals surface area contributed by atoms with Crippen LogP contribution in [-0.2, 0) is 0 Å². The van der Waals surface area contributed by atoms with Gasteiger partial charge in [0, 0.05) is 24.5 Å². The van der Waals surface area contributed by atoms with Crippen LogP contribution in [0.1, 0.15) is 30.1 Å². The molecule has 0 aliphatic heterocycles. The van der Waals surface area contributed by atoms with Crippen LogP contribution in [0, 0.1) is 5.92 Å². The highest BCUT2D eigenvalue weighted by atomic mass is 16.5. The minimum atomic E-state index is -0.348. The van der Waals surface area contributed by atoms with Crippen LogP contribution in [0.15, 0.2) is 42.9 Å². The number of hydrogen-bond donors (Lipinski definition) is 2. The SMILES string of the molecule is CC(CN)(NC(=O)c1cccc(Oc2cnccn2)c1)C1CC1. The second kappa shape index (κ2) is 6.34. The second-order valence-corrected chi connectivity index (χ2v) is 6.02. The lowest BCUT2D eigenvalue weighted by Crippen LogP contribution is -2.53. The van der Waals surface area contributed by atoms with E-state index in [4.69, 9.17) is 10.5 Å².